The van der Waals surface area contributed by atoms with Gasteiger partial charge in [0.2, 0.25) is 0 Å². The Hall–Kier alpha value is -1.94. The van der Waals surface area contributed by atoms with Gasteiger partial charge in [-0.15, -0.1) is 11.6 Å². The molecule has 0 atom stereocenters. The molecule has 0 unspecified atom stereocenters. The van der Waals surface area contributed by atoms with Crippen LogP contribution in [0.4, 0.5) is 8.78 Å². The van der Waals surface area contributed by atoms with Crippen molar-refractivity contribution in [2.24, 2.45) is 0 Å². The van der Waals surface area contributed by atoms with E-state index in [1.54, 1.807) is 6.07 Å². The van der Waals surface area contributed by atoms with Crippen molar-refractivity contribution in [3.63, 3.8) is 0 Å². The average Bonchev–Trinajstić information content (AvgIpc) is 2.38. The van der Waals surface area contributed by atoms with Crippen LogP contribution in [0.25, 0.3) is 11.1 Å². The highest BCUT2D eigenvalue weighted by Gasteiger charge is 2.15. The number of carboxylic acid groups (broad SMARTS) is 1. The summed E-state index contributed by atoms with van der Waals surface area (Å²) in [6.07, 6.45) is 0. The summed E-state index contributed by atoms with van der Waals surface area (Å²) < 4.78 is 26.6. The van der Waals surface area contributed by atoms with Crippen molar-refractivity contribution in [1.82, 2.24) is 0 Å². The van der Waals surface area contributed by atoms with Crippen molar-refractivity contribution in [3.8, 4) is 11.1 Å². The Morgan fingerprint density at radius 1 is 1.11 bits per heavy atom. The van der Waals surface area contributed by atoms with Crippen LogP contribution < -0.4 is 0 Å². The Morgan fingerprint density at radius 2 is 1.84 bits per heavy atom. The van der Waals surface area contributed by atoms with E-state index in [1.807, 2.05) is 0 Å². The number of aromatic carboxylic acids is 1. The molecule has 0 saturated heterocycles. The first-order valence-electron chi connectivity index (χ1n) is 5.40. The second-order valence-electron chi connectivity index (χ2n) is 3.94. The molecule has 2 nitrogen and oxygen atoms in total. The highest BCUT2D eigenvalue weighted by Crippen LogP contribution is 2.28. The summed E-state index contributed by atoms with van der Waals surface area (Å²) >= 11 is 5.68. The van der Waals surface area contributed by atoms with E-state index in [1.165, 1.54) is 18.2 Å². The standard InChI is InChI=1S/C14H9ClF2O2/c15-7-8-1-3-11(14(18)19)12(5-8)10-4-2-9(16)6-13(10)17/h1-6H,7H2,(H,18,19). The van der Waals surface area contributed by atoms with Gasteiger partial charge in [0.25, 0.3) is 0 Å². The van der Waals surface area contributed by atoms with Crippen molar-refractivity contribution in [2.45, 2.75) is 5.88 Å². The van der Waals surface area contributed by atoms with Gasteiger partial charge in [0.05, 0.1) is 5.56 Å². The third-order valence-electron chi connectivity index (χ3n) is 2.69. The predicted octanol–water partition coefficient (Wildman–Crippen LogP) is 4.07. The molecule has 2 aromatic carbocycles. The first-order chi connectivity index (χ1) is 9.02. The van der Waals surface area contributed by atoms with Crippen LogP contribution in [-0.4, -0.2) is 11.1 Å². The maximum Gasteiger partial charge on any atom is 0.336 e. The van der Waals surface area contributed by atoms with E-state index in [0.29, 0.717) is 11.6 Å². The SMILES string of the molecule is O=C(O)c1ccc(CCl)cc1-c1ccc(F)cc1F. The summed E-state index contributed by atoms with van der Waals surface area (Å²) in [5.74, 6) is -2.53. The van der Waals surface area contributed by atoms with Crippen LogP contribution in [0.1, 0.15) is 15.9 Å². The second kappa shape index (κ2) is 5.36. The van der Waals surface area contributed by atoms with E-state index in [4.69, 9.17) is 16.7 Å². The number of carbonyl (C=O) groups is 1. The molecule has 0 spiro atoms. The zero-order valence-electron chi connectivity index (χ0n) is 9.66. The van der Waals surface area contributed by atoms with Gasteiger partial charge in [-0.1, -0.05) is 6.07 Å². The third kappa shape index (κ3) is 2.74. The van der Waals surface area contributed by atoms with Gasteiger partial charge in [-0.3, -0.25) is 0 Å². The minimum absolute atomic E-state index is 0.0331. The molecule has 2 aromatic rings. The number of alkyl halides is 1. The van der Waals surface area contributed by atoms with Crippen molar-refractivity contribution in [1.29, 1.82) is 0 Å². The lowest BCUT2D eigenvalue weighted by Crippen LogP contribution is -2.01. The molecule has 98 valence electrons. The van der Waals surface area contributed by atoms with Crippen LogP contribution >= 0.6 is 11.6 Å². The lowest BCUT2D eigenvalue weighted by atomic mass is 9.97. The number of rotatable bonds is 3. The first kappa shape index (κ1) is 13.5. The number of benzene rings is 2. The number of hydrogen-bond donors (Lipinski definition) is 1. The largest absolute Gasteiger partial charge is 0.478 e. The maximum absolute atomic E-state index is 13.7. The van der Waals surface area contributed by atoms with Crippen molar-refractivity contribution in [3.05, 3.63) is 59.2 Å². The van der Waals surface area contributed by atoms with Gasteiger partial charge in [0.15, 0.2) is 0 Å². The first-order valence-corrected chi connectivity index (χ1v) is 5.94. The highest BCUT2D eigenvalue weighted by molar-refractivity contribution is 6.17. The Labute approximate surface area is 113 Å². The molecule has 0 aliphatic heterocycles. The molecule has 2 rings (SSSR count). The Morgan fingerprint density at radius 3 is 2.42 bits per heavy atom. The van der Waals surface area contributed by atoms with Gasteiger partial charge in [-0.05, 0) is 35.4 Å². The summed E-state index contributed by atoms with van der Waals surface area (Å²) in [6.45, 7) is 0. The number of carboxylic acids is 1. The normalized spacial score (nSPS) is 10.5. The van der Waals surface area contributed by atoms with E-state index in [9.17, 15) is 13.6 Å². The smallest absolute Gasteiger partial charge is 0.336 e. The monoisotopic (exact) mass is 282 g/mol. The van der Waals surface area contributed by atoms with Gasteiger partial charge in [0.1, 0.15) is 11.6 Å². The summed E-state index contributed by atoms with van der Waals surface area (Å²) in [7, 11) is 0. The van der Waals surface area contributed by atoms with Crippen LogP contribution in [0.15, 0.2) is 36.4 Å². The molecule has 0 radical (unpaired) electrons. The van der Waals surface area contributed by atoms with Gasteiger partial charge in [0, 0.05) is 17.5 Å². The predicted molar refractivity (Wildman–Crippen MR) is 68.3 cm³/mol. The molecule has 0 bridgehead atoms. The molecule has 0 saturated carbocycles. The van der Waals surface area contributed by atoms with Crippen molar-refractivity contribution < 1.29 is 18.7 Å². The molecular weight excluding hydrogens is 274 g/mol. The summed E-state index contributed by atoms with van der Waals surface area (Å²) in [4.78, 5) is 11.1. The van der Waals surface area contributed by atoms with Crippen LogP contribution in [0.3, 0.4) is 0 Å². The average molecular weight is 283 g/mol. The van der Waals surface area contributed by atoms with E-state index in [2.05, 4.69) is 0 Å². The third-order valence-corrected chi connectivity index (χ3v) is 3.00. The molecule has 0 aliphatic rings. The Balaban J connectivity index is 2.68. The zero-order valence-corrected chi connectivity index (χ0v) is 10.4. The Kier molecular flexibility index (Phi) is 3.81. The fraction of sp³-hybridized carbons (Fsp3) is 0.0714. The molecule has 5 heteroatoms. The molecule has 0 fully saturated rings. The Bertz CT molecular complexity index is 641. The van der Waals surface area contributed by atoms with Gasteiger partial charge in [-0.25, -0.2) is 13.6 Å². The molecule has 0 heterocycles. The highest BCUT2D eigenvalue weighted by atomic mass is 35.5. The number of hydrogen-bond acceptors (Lipinski definition) is 1. The van der Waals surface area contributed by atoms with Crippen LogP contribution in [-0.2, 0) is 5.88 Å². The summed E-state index contributed by atoms with van der Waals surface area (Å²) in [5, 5.41) is 9.11. The molecule has 0 aliphatic carbocycles. The van der Waals surface area contributed by atoms with E-state index in [-0.39, 0.29) is 22.6 Å². The van der Waals surface area contributed by atoms with Crippen molar-refractivity contribution in [2.75, 3.05) is 0 Å². The van der Waals surface area contributed by atoms with E-state index < -0.39 is 17.6 Å². The molecule has 0 aromatic heterocycles. The minimum atomic E-state index is -1.18. The van der Waals surface area contributed by atoms with Crippen LogP contribution in [0, 0.1) is 11.6 Å². The number of halogens is 3. The van der Waals surface area contributed by atoms with Crippen LogP contribution in [0.5, 0.6) is 0 Å². The van der Waals surface area contributed by atoms with Crippen molar-refractivity contribution >= 4 is 17.6 Å². The molecule has 1 N–H and O–H groups in total. The lowest BCUT2D eigenvalue weighted by molar-refractivity contribution is 0.0697. The van der Waals surface area contributed by atoms with Gasteiger partial charge in [-0.2, -0.15) is 0 Å². The lowest BCUT2D eigenvalue weighted by Gasteiger charge is -2.09. The van der Waals surface area contributed by atoms with E-state index in [0.717, 1.165) is 6.07 Å². The fourth-order valence-corrected chi connectivity index (χ4v) is 1.96. The van der Waals surface area contributed by atoms with Gasteiger partial charge < -0.3 is 5.11 Å². The van der Waals surface area contributed by atoms with Gasteiger partial charge >= 0.3 is 5.97 Å². The summed E-state index contributed by atoms with van der Waals surface area (Å²) in [5.41, 5.74) is 0.818. The maximum atomic E-state index is 13.7. The topological polar surface area (TPSA) is 37.3 Å². The fourth-order valence-electron chi connectivity index (χ4n) is 1.79. The minimum Gasteiger partial charge on any atom is -0.478 e. The second-order valence-corrected chi connectivity index (χ2v) is 4.21. The van der Waals surface area contributed by atoms with E-state index >= 15 is 0 Å². The molecule has 19 heavy (non-hydrogen) atoms. The zero-order chi connectivity index (χ0) is 14.0. The summed E-state index contributed by atoms with van der Waals surface area (Å²) in [6, 6.07) is 7.42. The molecular formula is C14H9ClF2O2. The van der Waals surface area contributed by atoms with Crippen LogP contribution in [0.2, 0.25) is 0 Å². The molecule has 0 amide bonds. The quantitative estimate of drug-likeness (QED) is 0.862.